The molecular weight excluding hydrogens is 608 g/mol. The van der Waals surface area contributed by atoms with Crippen LogP contribution in [0.1, 0.15) is 47.7 Å². The molecule has 0 aromatic heterocycles. The molecule has 1 heterocycles. The van der Waals surface area contributed by atoms with Crippen LogP contribution in [0.2, 0.25) is 0 Å². The Morgan fingerprint density at radius 3 is 2.32 bits per heavy atom. The summed E-state index contributed by atoms with van der Waals surface area (Å²) in [6.45, 7) is 4.00. The number of hydrogen-bond acceptors (Lipinski definition) is 8. The minimum absolute atomic E-state index is 0.0569. The van der Waals surface area contributed by atoms with Gasteiger partial charge in [0.2, 0.25) is 5.91 Å². The van der Waals surface area contributed by atoms with Crippen molar-refractivity contribution < 1.29 is 43.7 Å². The summed E-state index contributed by atoms with van der Waals surface area (Å²) in [7, 11) is 0. The van der Waals surface area contributed by atoms with Crippen LogP contribution in [-0.4, -0.2) is 77.9 Å². The summed E-state index contributed by atoms with van der Waals surface area (Å²) in [4.78, 5) is 79.4. The van der Waals surface area contributed by atoms with Crippen LogP contribution in [0.25, 0.3) is 0 Å². The molecule has 0 saturated heterocycles. The molecule has 13 heteroatoms. The molecule has 4 N–H and O–H groups in total. The van der Waals surface area contributed by atoms with Crippen molar-refractivity contribution in [2.24, 2.45) is 0 Å². The molecule has 47 heavy (non-hydrogen) atoms. The SMILES string of the molecule is Cc1cc(C(=O)N[C@H]2CN(C(=O)COc3ccccc3)c3ccccc3N(CC(=O)NC(C=O)CC(=O)O)C2=O)cc(C(C)C)c1O. The lowest BCUT2D eigenvalue weighted by Crippen LogP contribution is -2.55. The Balaban J connectivity index is 1.70. The van der Waals surface area contributed by atoms with Crippen LogP contribution in [0.5, 0.6) is 11.5 Å². The van der Waals surface area contributed by atoms with Crippen molar-refractivity contribution in [1.82, 2.24) is 10.6 Å². The molecule has 3 aromatic carbocycles. The predicted molar refractivity (Wildman–Crippen MR) is 172 cm³/mol. The van der Waals surface area contributed by atoms with E-state index in [9.17, 15) is 33.9 Å². The van der Waals surface area contributed by atoms with Crippen LogP contribution in [0, 0.1) is 6.92 Å². The Morgan fingerprint density at radius 2 is 1.68 bits per heavy atom. The fourth-order valence-corrected chi connectivity index (χ4v) is 5.17. The topological polar surface area (TPSA) is 183 Å². The van der Waals surface area contributed by atoms with Gasteiger partial charge in [-0.25, -0.2) is 0 Å². The number of nitrogens with zero attached hydrogens (tertiary/aromatic N) is 2. The number of carbonyl (C=O) groups is 6. The quantitative estimate of drug-likeness (QED) is 0.215. The third-order valence-electron chi connectivity index (χ3n) is 7.53. The van der Waals surface area contributed by atoms with Crippen molar-refractivity contribution in [2.45, 2.75) is 45.2 Å². The molecule has 3 aromatic rings. The first-order valence-electron chi connectivity index (χ1n) is 14.9. The fourth-order valence-electron chi connectivity index (χ4n) is 5.17. The molecule has 0 radical (unpaired) electrons. The lowest BCUT2D eigenvalue weighted by molar-refractivity contribution is -0.139. The number of hydrogen-bond donors (Lipinski definition) is 4. The smallest absolute Gasteiger partial charge is 0.305 e. The zero-order valence-electron chi connectivity index (χ0n) is 26.1. The maximum Gasteiger partial charge on any atom is 0.305 e. The van der Waals surface area contributed by atoms with E-state index in [1.54, 1.807) is 55.5 Å². The third-order valence-corrected chi connectivity index (χ3v) is 7.53. The fraction of sp³-hybridized carbons (Fsp3) is 0.294. The van der Waals surface area contributed by atoms with Crippen LogP contribution in [-0.2, 0) is 24.0 Å². The molecular formula is C34H36N4O9. The number of fused-ring (bicyclic) bond motifs is 1. The minimum Gasteiger partial charge on any atom is -0.507 e. The molecule has 1 unspecified atom stereocenters. The van der Waals surface area contributed by atoms with Crippen molar-refractivity contribution in [2.75, 3.05) is 29.5 Å². The van der Waals surface area contributed by atoms with Gasteiger partial charge in [0.15, 0.2) is 6.61 Å². The third kappa shape index (κ3) is 8.31. The number of aliphatic carboxylic acids is 1. The highest BCUT2D eigenvalue weighted by Gasteiger charge is 2.38. The molecule has 0 saturated carbocycles. The highest BCUT2D eigenvalue weighted by atomic mass is 16.5. The number of para-hydroxylation sites is 3. The molecule has 0 spiro atoms. The second-order valence-electron chi connectivity index (χ2n) is 11.3. The average Bonchev–Trinajstić information content (AvgIpc) is 3.15. The van der Waals surface area contributed by atoms with Gasteiger partial charge in [0.1, 0.15) is 30.4 Å². The molecule has 1 aliphatic rings. The maximum atomic E-state index is 14.1. The van der Waals surface area contributed by atoms with E-state index in [-0.39, 0.29) is 41.4 Å². The molecule has 4 rings (SSSR count). The second-order valence-corrected chi connectivity index (χ2v) is 11.3. The molecule has 2 atom stereocenters. The largest absolute Gasteiger partial charge is 0.507 e. The lowest BCUT2D eigenvalue weighted by Gasteiger charge is -2.25. The zero-order chi connectivity index (χ0) is 34.2. The molecule has 0 bridgehead atoms. The van der Waals surface area contributed by atoms with E-state index in [0.717, 1.165) is 4.90 Å². The molecule has 1 aliphatic heterocycles. The first-order chi connectivity index (χ1) is 22.4. The highest BCUT2D eigenvalue weighted by Crippen LogP contribution is 2.34. The molecule has 13 nitrogen and oxygen atoms in total. The Hall–Kier alpha value is -5.72. The number of aldehydes is 1. The van der Waals surface area contributed by atoms with Gasteiger partial charge < -0.3 is 35.3 Å². The van der Waals surface area contributed by atoms with Crippen molar-refractivity contribution in [3.63, 3.8) is 0 Å². The number of aryl methyl sites for hydroxylation is 1. The monoisotopic (exact) mass is 644 g/mol. The second kappa shape index (κ2) is 15.0. The van der Waals surface area contributed by atoms with Gasteiger partial charge in [-0.05, 0) is 60.4 Å². The number of rotatable bonds is 12. The molecule has 246 valence electrons. The van der Waals surface area contributed by atoms with Gasteiger partial charge in [0, 0.05) is 5.56 Å². The van der Waals surface area contributed by atoms with Crippen LogP contribution in [0.4, 0.5) is 11.4 Å². The number of benzene rings is 3. The average molecular weight is 645 g/mol. The van der Waals surface area contributed by atoms with Crippen LogP contribution >= 0.6 is 0 Å². The highest BCUT2D eigenvalue weighted by molar-refractivity contribution is 6.11. The summed E-state index contributed by atoms with van der Waals surface area (Å²) < 4.78 is 5.68. The van der Waals surface area contributed by atoms with Crippen LogP contribution < -0.4 is 25.2 Å². The number of anilines is 2. The number of carbonyl (C=O) groups excluding carboxylic acids is 5. The van der Waals surface area contributed by atoms with Crippen molar-refractivity contribution in [3.05, 3.63) is 83.4 Å². The van der Waals surface area contributed by atoms with Crippen LogP contribution in [0.3, 0.4) is 0 Å². The van der Waals surface area contributed by atoms with Gasteiger partial charge in [-0.15, -0.1) is 0 Å². The number of phenols is 1. The molecule has 0 fully saturated rings. The number of aromatic hydroxyl groups is 1. The number of carboxylic acids is 1. The van der Waals surface area contributed by atoms with Gasteiger partial charge in [-0.3, -0.25) is 28.9 Å². The van der Waals surface area contributed by atoms with Crippen molar-refractivity contribution >= 4 is 47.3 Å². The van der Waals surface area contributed by atoms with E-state index in [0.29, 0.717) is 16.9 Å². The number of phenolic OH excluding ortho intramolecular Hbond substituents is 1. The van der Waals surface area contributed by atoms with E-state index in [1.807, 2.05) is 13.8 Å². The van der Waals surface area contributed by atoms with Crippen molar-refractivity contribution in [1.29, 1.82) is 0 Å². The first kappa shape index (κ1) is 34.2. The van der Waals surface area contributed by atoms with Crippen molar-refractivity contribution in [3.8, 4) is 11.5 Å². The van der Waals surface area contributed by atoms with Gasteiger partial charge in [0.05, 0.1) is 30.4 Å². The Morgan fingerprint density at radius 1 is 1.02 bits per heavy atom. The van der Waals surface area contributed by atoms with Gasteiger partial charge in [0.25, 0.3) is 17.7 Å². The maximum absolute atomic E-state index is 14.1. The van der Waals surface area contributed by atoms with E-state index in [2.05, 4.69) is 10.6 Å². The van der Waals surface area contributed by atoms with Gasteiger partial charge >= 0.3 is 5.97 Å². The Bertz CT molecular complexity index is 1680. The zero-order valence-corrected chi connectivity index (χ0v) is 26.1. The summed E-state index contributed by atoms with van der Waals surface area (Å²) in [5.41, 5.74) is 1.60. The summed E-state index contributed by atoms with van der Waals surface area (Å²) in [6, 6.07) is 15.3. The summed E-state index contributed by atoms with van der Waals surface area (Å²) >= 11 is 0. The minimum atomic E-state index is -1.36. The molecule has 4 amide bonds. The number of amides is 4. The van der Waals surface area contributed by atoms with E-state index in [4.69, 9.17) is 9.84 Å². The van der Waals surface area contributed by atoms with E-state index in [1.165, 1.54) is 23.1 Å². The number of carboxylic acid groups (broad SMARTS) is 1. The Labute approximate surface area is 271 Å². The van der Waals surface area contributed by atoms with E-state index < -0.39 is 61.3 Å². The lowest BCUT2D eigenvalue weighted by atomic mass is 9.96. The molecule has 0 aliphatic carbocycles. The van der Waals surface area contributed by atoms with Gasteiger partial charge in [-0.1, -0.05) is 44.2 Å². The summed E-state index contributed by atoms with van der Waals surface area (Å²) in [5.74, 6) is -3.68. The predicted octanol–water partition coefficient (Wildman–Crippen LogP) is 2.54. The summed E-state index contributed by atoms with van der Waals surface area (Å²) in [5, 5.41) is 24.6. The normalized spacial score (nSPS) is 14.9. The Kier molecular flexibility index (Phi) is 10.9. The first-order valence-corrected chi connectivity index (χ1v) is 14.9. The summed E-state index contributed by atoms with van der Waals surface area (Å²) in [6.07, 6.45) is -0.377. The van der Waals surface area contributed by atoms with Gasteiger partial charge in [-0.2, -0.15) is 0 Å². The number of nitrogens with one attached hydrogen (secondary N) is 2. The number of ether oxygens (including phenoxy) is 1. The standard InChI is InChI=1S/C34H36N4O9/c1-20(2)25-14-22(13-21(3)32(25)44)33(45)36-26-16-37(30(41)19-47-24-9-5-4-6-10-24)27-11-7-8-12-28(27)38(34(26)46)17-29(40)35-23(18-39)15-31(42)43/h4-14,18,20,23,26,44H,15-17,19H2,1-3H3,(H,35,40)(H,36,45)(H,42,43)/t23?,26-/m0/s1. The van der Waals surface area contributed by atoms with E-state index >= 15 is 0 Å². The van der Waals surface area contributed by atoms with Crippen LogP contribution in [0.15, 0.2) is 66.7 Å².